The molecule has 0 spiro atoms. The number of hydrogen-bond acceptors (Lipinski definition) is 9. The molecule has 1 atom stereocenters. The van der Waals surface area contributed by atoms with Crippen LogP contribution in [0.4, 0.5) is 22.0 Å². The third kappa shape index (κ3) is 6.54. The minimum Gasteiger partial charge on any atom is -0.381 e. The maximum absolute atomic E-state index is 15.4. The molecule has 2 aliphatic rings. The molecule has 2 saturated heterocycles. The van der Waals surface area contributed by atoms with Crippen molar-refractivity contribution in [3.05, 3.63) is 53.5 Å². The van der Waals surface area contributed by atoms with Crippen LogP contribution in [-0.2, 0) is 16.1 Å². The fourth-order valence-electron chi connectivity index (χ4n) is 5.15. The number of hydrogen-bond donors (Lipinski definition) is 4. The molecule has 1 amide bonds. The number of carbonyl (C=O) groups is 2. The lowest BCUT2D eigenvalue weighted by Crippen LogP contribution is -2.43. The van der Waals surface area contributed by atoms with Gasteiger partial charge in [0.1, 0.15) is 0 Å². The van der Waals surface area contributed by atoms with Gasteiger partial charge in [-0.1, -0.05) is 26.8 Å². The van der Waals surface area contributed by atoms with Gasteiger partial charge in [0.2, 0.25) is 17.8 Å². The number of amides is 1. The maximum atomic E-state index is 15.4. The summed E-state index contributed by atoms with van der Waals surface area (Å²) in [6.07, 6.45) is 7.13. The monoisotopic (exact) mass is 564 g/mol. The highest BCUT2D eigenvalue weighted by atomic mass is 19.1. The van der Waals surface area contributed by atoms with Crippen LogP contribution >= 0.6 is 0 Å². The summed E-state index contributed by atoms with van der Waals surface area (Å²) in [7, 11) is 0. The van der Waals surface area contributed by atoms with E-state index in [1.54, 1.807) is 10.7 Å². The SMILES string of the molecule is C=CC(=O)c1cc(CNc2nc(NC3CCOCC3)nc3c(C(C)C)cnn23)cc(NC(=O)C2CCCCN2)c1F. The lowest BCUT2D eigenvalue weighted by atomic mass is 10.0. The van der Waals surface area contributed by atoms with Crippen LogP contribution in [0.15, 0.2) is 31.0 Å². The van der Waals surface area contributed by atoms with E-state index in [1.165, 1.54) is 12.1 Å². The van der Waals surface area contributed by atoms with Crippen molar-refractivity contribution in [2.45, 2.75) is 70.5 Å². The second-order valence-corrected chi connectivity index (χ2v) is 10.8. The highest BCUT2D eigenvalue weighted by molar-refractivity contribution is 6.06. The standard InChI is InChI=1S/C29H37FN8O3/c1-4-24(39)20-13-18(14-23(25(20)30)35-27(40)22-7-5-6-10-31-22)15-32-29-37-28(34-19-8-11-41-12-9-19)36-26-21(17(2)3)16-33-38(26)29/h4,13-14,16-17,19,22,31H,1,5-12,15H2,2-3H3,(H,35,40)(H2,32,34,36,37). The summed E-state index contributed by atoms with van der Waals surface area (Å²) in [5, 5.41) is 17.1. The van der Waals surface area contributed by atoms with Crippen molar-refractivity contribution >= 4 is 34.9 Å². The first kappa shape index (κ1) is 28.6. The summed E-state index contributed by atoms with van der Waals surface area (Å²) in [6, 6.07) is 2.78. The number of piperidine rings is 1. The van der Waals surface area contributed by atoms with Gasteiger partial charge in [0.25, 0.3) is 0 Å². The van der Waals surface area contributed by atoms with Crippen molar-refractivity contribution in [3.8, 4) is 0 Å². The Balaban J connectivity index is 1.44. The number of rotatable bonds is 10. The Hall–Kier alpha value is -3.90. The van der Waals surface area contributed by atoms with Crippen LogP contribution in [0.2, 0.25) is 0 Å². The average Bonchev–Trinajstić information content (AvgIpc) is 3.42. The van der Waals surface area contributed by atoms with Gasteiger partial charge in [-0.25, -0.2) is 4.39 Å². The Kier molecular flexibility index (Phi) is 8.89. The minimum atomic E-state index is -0.788. The number of benzene rings is 1. The molecule has 5 rings (SSSR count). The highest BCUT2D eigenvalue weighted by Gasteiger charge is 2.24. The number of allylic oxidation sites excluding steroid dienone is 1. The summed E-state index contributed by atoms with van der Waals surface area (Å²) in [4.78, 5) is 34.8. The van der Waals surface area contributed by atoms with Gasteiger partial charge in [0.05, 0.1) is 23.5 Å². The summed E-state index contributed by atoms with van der Waals surface area (Å²) in [6.45, 7) is 9.93. The molecular formula is C29H37FN8O3. The second-order valence-electron chi connectivity index (χ2n) is 10.8. The molecule has 3 aromatic rings. The second kappa shape index (κ2) is 12.7. The molecule has 1 aromatic carbocycles. The summed E-state index contributed by atoms with van der Waals surface area (Å²) in [5.41, 5.74) is 2.02. The van der Waals surface area contributed by atoms with Crippen molar-refractivity contribution in [2.75, 3.05) is 35.7 Å². The van der Waals surface area contributed by atoms with E-state index in [0.717, 1.165) is 43.9 Å². The fourth-order valence-corrected chi connectivity index (χ4v) is 5.15. The molecule has 1 unspecified atom stereocenters. The Bertz CT molecular complexity index is 1430. The zero-order valence-corrected chi connectivity index (χ0v) is 23.5. The molecule has 0 radical (unpaired) electrons. The van der Waals surface area contributed by atoms with Crippen molar-refractivity contribution in [1.29, 1.82) is 0 Å². The van der Waals surface area contributed by atoms with Gasteiger partial charge in [-0.3, -0.25) is 9.59 Å². The van der Waals surface area contributed by atoms with Crippen molar-refractivity contribution < 1.29 is 18.7 Å². The number of nitrogens with one attached hydrogen (secondary N) is 4. The smallest absolute Gasteiger partial charge is 0.241 e. The van der Waals surface area contributed by atoms with E-state index in [9.17, 15) is 9.59 Å². The zero-order valence-electron chi connectivity index (χ0n) is 23.5. The zero-order chi connectivity index (χ0) is 28.9. The summed E-state index contributed by atoms with van der Waals surface area (Å²) < 4.78 is 22.5. The molecule has 2 aromatic heterocycles. The first-order chi connectivity index (χ1) is 19.8. The molecular weight excluding hydrogens is 527 g/mol. The molecule has 0 bridgehead atoms. The Morgan fingerprint density at radius 2 is 2.02 bits per heavy atom. The predicted octanol–water partition coefficient (Wildman–Crippen LogP) is 4.04. The Labute approximate surface area is 238 Å². The van der Waals surface area contributed by atoms with E-state index in [2.05, 4.69) is 46.8 Å². The summed E-state index contributed by atoms with van der Waals surface area (Å²) >= 11 is 0. The first-order valence-corrected chi connectivity index (χ1v) is 14.2. The number of ether oxygens (including phenoxy) is 1. The normalized spacial score (nSPS) is 17.9. The number of carbonyl (C=O) groups excluding carboxylic acids is 2. The number of fused-ring (bicyclic) bond motifs is 1. The van der Waals surface area contributed by atoms with Crippen molar-refractivity contribution in [3.63, 3.8) is 0 Å². The van der Waals surface area contributed by atoms with Gasteiger partial charge in [0.15, 0.2) is 17.2 Å². The average molecular weight is 565 g/mol. The van der Waals surface area contributed by atoms with Crippen LogP contribution in [0.5, 0.6) is 0 Å². The predicted molar refractivity (Wildman–Crippen MR) is 155 cm³/mol. The molecule has 41 heavy (non-hydrogen) atoms. The molecule has 12 heteroatoms. The lowest BCUT2D eigenvalue weighted by molar-refractivity contribution is -0.118. The third-order valence-corrected chi connectivity index (χ3v) is 7.49. The third-order valence-electron chi connectivity index (χ3n) is 7.49. The van der Waals surface area contributed by atoms with Gasteiger partial charge in [-0.05, 0) is 61.9 Å². The number of nitrogens with zero attached hydrogens (tertiary/aromatic N) is 4. The molecule has 11 nitrogen and oxygen atoms in total. The van der Waals surface area contributed by atoms with Gasteiger partial charge in [0, 0.05) is 31.4 Å². The van der Waals surface area contributed by atoms with Crippen LogP contribution in [-0.4, -0.2) is 63.1 Å². The largest absolute Gasteiger partial charge is 0.381 e. The van der Waals surface area contributed by atoms with Crippen LogP contribution < -0.4 is 21.3 Å². The minimum absolute atomic E-state index is 0.0530. The summed E-state index contributed by atoms with van der Waals surface area (Å²) in [5.74, 6) is -0.580. The topological polar surface area (TPSA) is 135 Å². The van der Waals surface area contributed by atoms with Gasteiger partial charge >= 0.3 is 0 Å². The fraction of sp³-hybridized carbons (Fsp3) is 0.483. The molecule has 0 saturated carbocycles. The molecule has 4 heterocycles. The highest BCUT2D eigenvalue weighted by Crippen LogP contribution is 2.26. The molecule has 218 valence electrons. The van der Waals surface area contributed by atoms with Crippen molar-refractivity contribution in [1.82, 2.24) is 24.9 Å². The van der Waals surface area contributed by atoms with Gasteiger partial charge in [-0.2, -0.15) is 19.6 Å². The quantitative estimate of drug-likeness (QED) is 0.213. The van der Waals surface area contributed by atoms with E-state index < -0.39 is 17.6 Å². The van der Waals surface area contributed by atoms with Gasteiger partial charge < -0.3 is 26.0 Å². The van der Waals surface area contributed by atoms with Crippen LogP contribution in [0.1, 0.15) is 73.4 Å². The maximum Gasteiger partial charge on any atom is 0.241 e. The Morgan fingerprint density at radius 3 is 2.73 bits per heavy atom. The van der Waals surface area contributed by atoms with Crippen LogP contribution in [0.3, 0.4) is 0 Å². The van der Waals surface area contributed by atoms with E-state index in [4.69, 9.17) is 14.7 Å². The van der Waals surface area contributed by atoms with E-state index in [-0.39, 0.29) is 35.7 Å². The van der Waals surface area contributed by atoms with E-state index in [0.29, 0.717) is 42.7 Å². The van der Waals surface area contributed by atoms with Gasteiger partial charge in [-0.15, -0.1) is 0 Å². The lowest BCUT2D eigenvalue weighted by Gasteiger charge is -2.23. The number of ketones is 1. The number of anilines is 3. The molecule has 2 fully saturated rings. The first-order valence-electron chi connectivity index (χ1n) is 14.2. The van der Waals surface area contributed by atoms with Crippen LogP contribution in [0, 0.1) is 5.82 Å². The van der Waals surface area contributed by atoms with Crippen molar-refractivity contribution in [2.24, 2.45) is 0 Å². The van der Waals surface area contributed by atoms with Crippen LogP contribution in [0.25, 0.3) is 5.65 Å². The van der Waals surface area contributed by atoms with E-state index >= 15 is 4.39 Å². The molecule has 4 N–H and O–H groups in total. The Morgan fingerprint density at radius 1 is 1.22 bits per heavy atom. The molecule has 0 aliphatic carbocycles. The molecule has 2 aliphatic heterocycles. The van der Waals surface area contributed by atoms with E-state index in [1.807, 2.05) is 0 Å². The number of halogens is 1. The number of aromatic nitrogens is 4.